The van der Waals surface area contributed by atoms with Crippen molar-refractivity contribution in [3.05, 3.63) is 22.7 Å². The van der Waals surface area contributed by atoms with Crippen LogP contribution < -0.4 is 20.7 Å². The number of methoxy groups -OCH3 is 2. The standard InChI is InChI=1S/C14H23ClN2O2/c1-9(2)5-6-12(17-16)10-7-11(15)14(19-4)13(8-10)18-3/h7-9,12,17H,5-6,16H2,1-4H3. The second kappa shape index (κ2) is 7.58. The molecule has 108 valence electrons. The minimum atomic E-state index is 0.0553. The highest BCUT2D eigenvalue weighted by Crippen LogP contribution is 2.38. The molecule has 1 aromatic rings. The summed E-state index contributed by atoms with van der Waals surface area (Å²) in [4.78, 5) is 0. The van der Waals surface area contributed by atoms with Crippen molar-refractivity contribution in [2.45, 2.75) is 32.7 Å². The minimum Gasteiger partial charge on any atom is -0.493 e. The highest BCUT2D eigenvalue weighted by Gasteiger charge is 2.16. The molecular formula is C14H23ClN2O2. The third kappa shape index (κ3) is 4.27. The average molecular weight is 287 g/mol. The first-order valence-electron chi connectivity index (χ1n) is 6.41. The van der Waals surface area contributed by atoms with E-state index in [4.69, 9.17) is 26.9 Å². The zero-order valence-corrected chi connectivity index (χ0v) is 12.8. The molecule has 0 aliphatic carbocycles. The highest BCUT2D eigenvalue weighted by molar-refractivity contribution is 6.32. The van der Waals surface area contributed by atoms with Gasteiger partial charge in [0, 0.05) is 6.04 Å². The van der Waals surface area contributed by atoms with Crippen molar-refractivity contribution in [1.29, 1.82) is 0 Å². The molecule has 0 fully saturated rings. The smallest absolute Gasteiger partial charge is 0.179 e. The number of nitrogens with one attached hydrogen (secondary N) is 1. The molecule has 0 radical (unpaired) electrons. The van der Waals surface area contributed by atoms with E-state index >= 15 is 0 Å². The van der Waals surface area contributed by atoms with E-state index in [-0.39, 0.29) is 6.04 Å². The Labute approximate surface area is 120 Å². The first-order valence-corrected chi connectivity index (χ1v) is 6.78. The zero-order valence-electron chi connectivity index (χ0n) is 12.0. The van der Waals surface area contributed by atoms with Crippen LogP contribution in [0.2, 0.25) is 5.02 Å². The van der Waals surface area contributed by atoms with Gasteiger partial charge >= 0.3 is 0 Å². The monoisotopic (exact) mass is 286 g/mol. The van der Waals surface area contributed by atoms with Gasteiger partial charge in [-0.25, -0.2) is 0 Å². The topological polar surface area (TPSA) is 56.5 Å². The third-order valence-electron chi connectivity index (χ3n) is 3.09. The number of benzene rings is 1. The van der Waals surface area contributed by atoms with Gasteiger partial charge < -0.3 is 9.47 Å². The summed E-state index contributed by atoms with van der Waals surface area (Å²) >= 11 is 6.20. The van der Waals surface area contributed by atoms with Crippen molar-refractivity contribution in [2.24, 2.45) is 11.8 Å². The van der Waals surface area contributed by atoms with Crippen LogP contribution in [-0.4, -0.2) is 14.2 Å². The fourth-order valence-electron chi connectivity index (χ4n) is 1.99. The minimum absolute atomic E-state index is 0.0553. The molecule has 4 nitrogen and oxygen atoms in total. The Kier molecular flexibility index (Phi) is 6.42. The summed E-state index contributed by atoms with van der Waals surface area (Å²) in [5.74, 6) is 7.44. The van der Waals surface area contributed by atoms with Crippen LogP contribution in [0.5, 0.6) is 11.5 Å². The molecule has 0 saturated carbocycles. The second-order valence-electron chi connectivity index (χ2n) is 4.93. The quantitative estimate of drug-likeness (QED) is 0.596. The number of ether oxygens (including phenoxy) is 2. The molecule has 1 atom stereocenters. The molecule has 0 aliphatic rings. The summed E-state index contributed by atoms with van der Waals surface area (Å²) in [6, 6.07) is 3.84. The molecule has 1 unspecified atom stereocenters. The highest BCUT2D eigenvalue weighted by atomic mass is 35.5. The van der Waals surface area contributed by atoms with Gasteiger partial charge in [-0.3, -0.25) is 11.3 Å². The summed E-state index contributed by atoms with van der Waals surface area (Å²) in [5.41, 5.74) is 3.84. The third-order valence-corrected chi connectivity index (χ3v) is 3.37. The van der Waals surface area contributed by atoms with Crippen LogP contribution in [0, 0.1) is 5.92 Å². The SMILES string of the molecule is COc1cc(C(CCC(C)C)NN)cc(Cl)c1OC. The van der Waals surface area contributed by atoms with Crippen LogP contribution in [0.1, 0.15) is 38.3 Å². The van der Waals surface area contributed by atoms with Crippen molar-refractivity contribution in [3.8, 4) is 11.5 Å². The lowest BCUT2D eigenvalue weighted by atomic mass is 9.98. The normalized spacial score (nSPS) is 12.6. The van der Waals surface area contributed by atoms with Crippen LogP contribution in [0.4, 0.5) is 0 Å². The Morgan fingerprint density at radius 2 is 1.89 bits per heavy atom. The van der Waals surface area contributed by atoms with Crippen LogP contribution >= 0.6 is 11.6 Å². The van der Waals surface area contributed by atoms with Gasteiger partial charge in [-0.15, -0.1) is 0 Å². The van der Waals surface area contributed by atoms with E-state index in [1.165, 1.54) is 0 Å². The molecule has 0 aromatic heterocycles. The van der Waals surface area contributed by atoms with Crippen molar-refractivity contribution in [2.75, 3.05) is 14.2 Å². The van der Waals surface area contributed by atoms with Crippen molar-refractivity contribution < 1.29 is 9.47 Å². The van der Waals surface area contributed by atoms with Crippen LogP contribution in [0.25, 0.3) is 0 Å². The number of rotatable bonds is 7. The summed E-state index contributed by atoms with van der Waals surface area (Å²) < 4.78 is 10.5. The van der Waals surface area contributed by atoms with E-state index < -0.39 is 0 Å². The predicted octanol–water partition coefficient (Wildman–Crippen LogP) is 3.30. The number of hydrogen-bond acceptors (Lipinski definition) is 4. The van der Waals surface area contributed by atoms with Gasteiger partial charge in [0.2, 0.25) is 0 Å². The first-order chi connectivity index (χ1) is 9.03. The Balaban J connectivity index is 3.01. The number of halogens is 1. The lowest BCUT2D eigenvalue weighted by molar-refractivity contribution is 0.353. The first kappa shape index (κ1) is 16.1. The molecule has 5 heteroatoms. The van der Waals surface area contributed by atoms with Gasteiger partial charge in [0.05, 0.1) is 19.2 Å². The molecule has 1 aromatic carbocycles. The van der Waals surface area contributed by atoms with Gasteiger partial charge in [0.25, 0.3) is 0 Å². The van der Waals surface area contributed by atoms with Crippen molar-refractivity contribution in [3.63, 3.8) is 0 Å². The number of nitrogens with two attached hydrogens (primary N) is 1. The Hall–Kier alpha value is -0.970. The second-order valence-corrected chi connectivity index (χ2v) is 5.34. The van der Waals surface area contributed by atoms with Gasteiger partial charge in [-0.2, -0.15) is 0 Å². The number of hydrogen-bond donors (Lipinski definition) is 2. The Bertz CT molecular complexity index is 411. The summed E-state index contributed by atoms with van der Waals surface area (Å²) in [7, 11) is 3.16. The molecule has 3 N–H and O–H groups in total. The Morgan fingerprint density at radius 1 is 1.21 bits per heavy atom. The summed E-state index contributed by atoms with van der Waals surface area (Å²) in [6.07, 6.45) is 2.03. The van der Waals surface area contributed by atoms with Gasteiger partial charge in [-0.1, -0.05) is 25.4 Å². The van der Waals surface area contributed by atoms with Crippen LogP contribution in [0.15, 0.2) is 12.1 Å². The predicted molar refractivity (Wildman–Crippen MR) is 78.7 cm³/mol. The van der Waals surface area contributed by atoms with E-state index in [0.29, 0.717) is 22.4 Å². The molecule has 0 amide bonds. The van der Waals surface area contributed by atoms with Gasteiger partial charge in [0.1, 0.15) is 0 Å². The molecule has 0 heterocycles. The maximum atomic E-state index is 6.20. The maximum Gasteiger partial charge on any atom is 0.179 e. The lowest BCUT2D eigenvalue weighted by Crippen LogP contribution is -2.28. The molecule has 1 rings (SSSR count). The van der Waals surface area contributed by atoms with E-state index in [2.05, 4.69) is 19.3 Å². The van der Waals surface area contributed by atoms with E-state index in [1.807, 2.05) is 12.1 Å². The van der Waals surface area contributed by atoms with Crippen LogP contribution in [0.3, 0.4) is 0 Å². The van der Waals surface area contributed by atoms with Crippen LogP contribution in [-0.2, 0) is 0 Å². The van der Waals surface area contributed by atoms with E-state index in [9.17, 15) is 0 Å². The van der Waals surface area contributed by atoms with E-state index in [1.54, 1.807) is 14.2 Å². The molecule has 0 bridgehead atoms. The van der Waals surface area contributed by atoms with Crippen molar-refractivity contribution >= 4 is 11.6 Å². The summed E-state index contributed by atoms with van der Waals surface area (Å²) in [6.45, 7) is 4.38. The lowest BCUT2D eigenvalue weighted by Gasteiger charge is -2.20. The largest absolute Gasteiger partial charge is 0.493 e. The van der Waals surface area contributed by atoms with Gasteiger partial charge in [0.15, 0.2) is 11.5 Å². The fraction of sp³-hybridized carbons (Fsp3) is 0.571. The van der Waals surface area contributed by atoms with E-state index in [0.717, 1.165) is 18.4 Å². The zero-order chi connectivity index (χ0) is 14.4. The van der Waals surface area contributed by atoms with Crippen molar-refractivity contribution in [1.82, 2.24) is 5.43 Å². The molecule has 0 aliphatic heterocycles. The molecular weight excluding hydrogens is 264 g/mol. The summed E-state index contributed by atoms with van der Waals surface area (Å²) in [5, 5.41) is 0.529. The maximum absolute atomic E-state index is 6.20. The molecule has 0 spiro atoms. The molecule has 0 saturated heterocycles. The molecule has 19 heavy (non-hydrogen) atoms. The Morgan fingerprint density at radius 3 is 2.37 bits per heavy atom. The average Bonchev–Trinajstić information content (AvgIpc) is 2.38. The fourth-order valence-corrected chi connectivity index (χ4v) is 2.28. The number of hydrazine groups is 1. The van der Waals surface area contributed by atoms with Gasteiger partial charge in [-0.05, 0) is 36.5 Å².